The van der Waals surface area contributed by atoms with E-state index in [4.69, 9.17) is 9.84 Å². The Labute approximate surface area is 99.8 Å². The maximum atomic E-state index is 10.6. The topological polar surface area (TPSA) is 46.5 Å². The molecule has 0 saturated carbocycles. The third kappa shape index (κ3) is 4.57. The molecule has 0 atom stereocenters. The first kappa shape index (κ1) is 12.9. The Balaban J connectivity index is 2.53. The van der Waals surface area contributed by atoms with Crippen molar-refractivity contribution in [3.8, 4) is 5.75 Å². The van der Waals surface area contributed by atoms with Crippen LogP contribution in [0.25, 0.3) is 0 Å². The number of rotatable bonds is 7. The van der Waals surface area contributed by atoms with E-state index < -0.39 is 5.97 Å². The van der Waals surface area contributed by atoms with Gasteiger partial charge < -0.3 is 9.84 Å². The van der Waals surface area contributed by atoms with Crippen LogP contribution in [0.4, 0.5) is 0 Å². The Bertz CT molecular complexity index is 339. The molecule has 1 N–H and O–H groups in total. The second-order valence-corrected chi connectivity index (χ2v) is 4.62. The number of hydrogen-bond acceptors (Lipinski definition) is 3. The largest absolute Gasteiger partial charge is 0.492 e. The van der Waals surface area contributed by atoms with E-state index in [9.17, 15) is 4.79 Å². The Morgan fingerprint density at radius 2 is 2.19 bits per heavy atom. The Kier molecular flexibility index (Phi) is 5.78. The minimum absolute atomic E-state index is 0.0110. The van der Waals surface area contributed by atoms with Gasteiger partial charge in [-0.05, 0) is 11.8 Å². The summed E-state index contributed by atoms with van der Waals surface area (Å²) >= 11 is 1.81. The summed E-state index contributed by atoms with van der Waals surface area (Å²) in [6.45, 7) is 2.72. The molecule has 0 aliphatic rings. The molecular weight excluding hydrogens is 224 g/mol. The molecule has 0 radical (unpaired) electrons. The van der Waals surface area contributed by atoms with Gasteiger partial charge in [0, 0.05) is 11.3 Å². The van der Waals surface area contributed by atoms with Crippen LogP contribution in [0.2, 0.25) is 0 Å². The van der Waals surface area contributed by atoms with Crippen LogP contribution in [0.15, 0.2) is 24.3 Å². The van der Waals surface area contributed by atoms with Crippen molar-refractivity contribution in [2.24, 2.45) is 0 Å². The smallest absolute Gasteiger partial charge is 0.307 e. The summed E-state index contributed by atoms with van der Waals surface area (Å²) in [5.41, 5.74) is 0.733. The van der Waals surface area contributed by atoms with Gasteiger partial charge in [-0.15, -0.1) is 0 Å². The van der Waals surface area contributed by atoms with Gasteiger partial charge in [0.25, 0.3) is 0 Å². The van der Waals surface area contributed by atoms with Crippen molar-refractivity contribution in [1.82, 2.24) is 0 Å². The van der Waals surface area contributed by atoms with Crippen LogP contribution >= 0.6 is 11.8 Å². The van der Waals surface area contributed by atoms with Gasteiger partial charge in [-0.3, -0.25) is 4.79 Å². The summed E-state index contributed by atoms with van der Waals surface area (Å²) in [5, 5.41) is 8.74. The van der Waals surface area contributed by atoms with Gasteiger partial charge in [0.1, 0.15) is 5.75 Å². The standard InChI is InChI=1S/C12H16O3S/c1-2-16-8-7-15-11-6-4-3-5-10(11)9-12(13)14/h3-6H,2,7-9H2,1H3,(H,13,14). The monoisotopic (exact) mass is 240 g/mol. The zero-order chi connectivity index (χ0) is 11.8. The van der Waals surface area contributed by atoms with Crippen molar-refractivity contribution in [1.29, 1.82) is 0 Å². The number of thioether (sulfide) groups is 1. The van der Waals surface area contributed by atoms with E-state index in [1.54, 1.807) is 17.8 Å². The highest BCUT2D eigenvalue weighted by atomic mass is 32.2. The molecule has 0 spiro atoms. The fraction of sp³-hybridized carbons (Fsp3) is 0.417. The van der Waals surface area contributed by atoms with Crippen LogP contribution in [0, 0.1) is 0 Å². The molecule has 3 nitrogen and oxygen atoms in total. The molecule has 0 fully saturated rings. The summed E-state index contributed by atoms with van der Waals surface area (Å²) in [5.74, 6) is 1.85. The molecule has 0 saturated heterocycles. The first-order valence-electron chi connectivity index (χ1n) is 5.24. The summed E-state index contributed by atoms with van der Waals surface area (Å²) in [6.07, 6.45) is 0.0110. The van der Waals surface area contributed by atoms with Gasteiger partial charge in [0.05, 0.1) is 13.0 Å². The lowest BCUT2D eigenvalue weighted by Gasteiger charge is -2.09. The van der Waals surface area contributed by atoms with Crippen LogP contribution in [0.3, 0.4) is 0 Å². The fourth-order valence-corrected chi connectivity index (χ4v) is 1.80. The van der Waals surface area contributed by atoms with Gasteiger partial charge in [-0.1, -0.05) is 25.1 Å². The highest BCUT2D eigenvalue weighted by Gasteiger charge is 2.06. The fourth-order valence-electron chi connectivity index (χ4n) is 1.31. The van der Waals surface area contributed by atoms with E-state index in [0.717, 1.165) is 17.1 Å². The molecule has 0 aromatic heterocycles. The molecular formula is C12H16O3S. The van der Waals surface area contributed by atoms with Gasteiger partial charge in [0.2, 0.25) is 0 Å². The molecule has 1 rings (SSSR count). The van der Waals surface area contributed by atoms with Crippen molar-refractivity contribution in [2.75, 3.05) is 18.1 Å². The van der Waals surface area contributed by atoms with Crippen LogP contribution in [0.5, 0.6) is 5.75 Å². The van der Waals surface area contributed by atoms with Crippen molar-refractivity contribution >= 4 is 17.7 Å². The predicted molar refractivity (Wildman–Crippen MR) is 66.3 cm³/mol. The average Bonchev–Trinajstić information content (AvgIpc) is 2.26. The Hall–Kier alpha value is -1.16. The van der Waals surface area contributed by atoms with Crippen LogP contribution in [0.1, 0.15) is 12.5 Å². The minimum atomic E-state index is -0.834. The highest BCUT2D eigenvalue weighted by Crippen LogP contribution is 2.18. The molecule has 1 aromatic carbocycles. The normalized spacial score (nSPS) is 10.1. The average molecular weight is 240 g/mol. The molecule has 0 unspecified atom stereocenters. The lowest BCUT2D eigenvalue weighted by atomic mass is 10.1. The second kappa shape index (κ2) is 7.17. The third-order valence-electron chi connectivity index (χ3n) is 2.00. The van der Waals surface area contributed by atoms with E-state index in [2.05, 4.69) is 6.92 Å². The summed E-state index contributed by atoms with van der Waals surface area (Å²) in [7, 11) is 0. The summed E-state index contributed by atoms with van der Waals surface area (Å²) < 4.78 is 5.56. The molecule has 88 valence electrons. The number of carboxylic acids is 1. The molecule has 0 aliphatic carbocycles. The van der Waals surface area contributed by atoms with Crippen LogP contribution in [-0.2, 0) is 11.2 Å². The van der Waals surface area contributed by atoms with E-state index in [1.165, 1.54) is 0 Å². The molecule has 0 heterocycles. The van der Waals surface area contributed by atoms with Gasteiger partial charge in [-0.2, -0.15) is 11.8 Å². The number of aliphatic carboxylic acids is 1. The summed E-state index contributed by atoms with van der Waals surface area (Å²) in [4.78, 5) is 10.6. The highest BCUT2D eigenvalue weighted by molar-refractivity contribution is 7.99. The molecule has 1 aromatic rings. The third-order valence-corrected chi connectivity index (χ3v) is 2.87. The molecule has 0 bridgehead atoms. The summed E-state index contributed by atoms with van der Waals surface area (Å²) in [6, 6.07) is 7.28. The van der Waals surface area contributed by atoms with Gasteiger partial charge in [-0.25, -0.2) is 0 Å². The van der Waals surface area contributed by atoms with Crippen molar-refractivity contribution in [3.05, 3.63) is 29.8 Å². The molecule has 16 heavy (non-hydrogen) atoms. The van der Waals surface area contributed by atoms with Gasteiger partial charge in [0.15, 0.2) is 0 Å². The van der Waals surface area contributed by atoms with E-state index in [1.807, 2.05) is 18.2 Å². The second-order valence-electron chi connectivity index (χ2n) is 3.22. The van der Waals surface area contributed by atoms with Crippen molar-refractivity contribution in [3.63, 3.8) is 0 Å². The lowest BCUT2D eigenvalue weighted by molar-refractivity contribution is -0.136. The maximum absolute atomic E-state index is 10.6. The van der Waals surface area contributed by atoms with E-state index in [-0.39, 0.29) is 6.42 Å². The number of benzene rings is 1. The number of para-hydroxylation sites is 1. The quantitative estimate of drug-likeness (QED) is 0.744. The van der Waals surface area contributed by atoms with Crippen molar-refractivity contribution in [2.45, 2.75) is 13.3 Å². The first-order valence-corrected chi connectivity index (χ1v) is 6.39. The van der Waals surface area contributed by atoms with Crippen molar-refractivity contribution < 1.29 is 14.6 Å². The number of hydrogen-bond donors (Lipinski definition) is 1. The zero-order valence-corrected chi connectivity index (χ0v) is 10.1. The van der Waals surface area contributed by atoms with Gasteiger partial charge >= 0.3 is 5.97 Å². The van der Waals surface area contributed by atoms with E-state index >= 15 is 0 Å². The SMILES string of the molecule is CCSCCOc1ccccc1CC(=O)O. The van der Waals surface area contributed by atoms with E-state index in [0.29, 0.717) is 12.4 Å². The Morgan fingerprint density at radius 1 is 1.44 bits per heavy atom. The zero-order valence-electron chi connectivity index (χ0n) is 9.31. The number of carboxylic acid groups (broad SMARTS) is 1. The minimum Gasteiger partial charge on any atom is -0.492 e. The molecule has 0 aliphatic heterocycles. The predicted octanol–water partition coefficient (Wildman–Crippen LogP) is 2.45. The number of ether oxygens (including phenoxy) is 1. The first-order chi connectivity index (χ1) is 7.74. The van der Waals surface area contributed by atoms with Crippen LogP contribution in [-0.4, -0.2) is 29.2 Å². The molecule has 0 amide bonds. The molecule has 4 heteroatoms. The number of carbonyl (C=O) groups is 1. The maximum Gasteiger partial charge on any atom is 0.307 e. The lowest BCUT2D eigenvalue weighted by Crippen LogP contribution is -2.06. The van der Waals surface area contributed by atoms with Crippen LogP contribution < -0.4 is 4.74 Å². The Morgan fingerprint density at radius 3 is 2.88 bits per heavy atom.